The maximum absolute atomic E-state index is 11.3. The number of piperidine rings is 1. The van der Waals surface area contributed by atoms with Crippen LogP contribution in [0.3, 0.4) is 0 Å². The summed E-state index contributed by atoms with van der Waals surface area (Å²) in [5.41, 5.74) is 1.54. The fourth-order valence-electron chi connectivity index (χ4n) is 2.69. The maximum Gasteiger partial charge on any atom is 0.354 e. The van der Waals surface area contributed by atoms with Gasteiger partial charge < -0.3 is 19.9 Å². The number of hydrogen-bond acceptors (Lipinski definition) is 4. The second-order valence-electron chi connectivity index (χ2n) is 5.40. The molecular weight excluding hydrogens is 254 g/mol. The molecule has 2 heterocycles. The SMILES string of the molecule is CCN1CCC(CNCc2ccc(C(=O)OC)[nH]2)CC1. The maximum atomic E-state index is 11.3. The van der Waals surface area contributed by atoms with Gasteiger partial charge in [-0.15, -0.1) is 0 Å². The number of H-pyrrole nitrogens is 1. The number of ether oxygens (including phenoxy) is 1. The van der Waals surface area contributed by atoms with Crippen LogP contribution in [-0.2, 0) is 11.3 Å². The molecule has 2 rings (SSSR count). The van der Waals surface area contributed by atoms with E-state index in [2.05, 4.69) is 26.9 Å². The van der Waals surface area contributed by atoms with Gasteiger partial charge >= 0.3 is 5.97 Å². The number of carbonyl (C=O) groups excluding carboxylic acids is 1. The Balaban J connectivity index is 1.68. The smallest absolute Gasteiger partial charge is 0.354 e. The van der Waals surface area contributed by atoms with E-state index >= 15 is 0 Å². The molecule has 0 bridgehead atoms. The highest BCUT2D eigenvalue weighted by Gasteiger charge is 2.17. The van der Waals surface area contributed by atoms with Crippen molar-refractivity contribution in [3.05, 3.63) is 23.5 Å². The summed E-state index contributed by atoms with van der Waals surface area (Å²) in [6, 6.07) is 3.70. The van der Waals surface area contributed by atoms with E-state index in [9.17, 15) is 4.79 Å². The summed E-state index contributed by atoms with van der Waals surface area (Å²) in [7, 11) is 1.39. The van der Waals surface area contributed by atoms with E-state index in [4.69, 9.17) is 0 Å². The largest absolute Gasteiger partial charge is 0.464 e. The van der Waals surface area contributed by atoms with E-state index < -0.39 is 0 Å². The van der Waals surface area contributed by atoms with Crippen molar-refractivity contribution in [3.8, 4) is 0 Å². The topological polar surface area (TPSA) is 57.4 Å². The van der Waals surface area contributed by atoms with Gasteiger partial charge in [0.05, 0.1) is 7.11 Å². The summed E-state index contributed by atoms with van der Waals surface area (Å²) in [4.78, 5) is 16.9. The van der Waals surface area contributed by atoms with Crippen LogP contribution in [0, 0.1) is 5.92 Å². The van der Waals surface area contributed by atoms with E-state index in [1.807, 2.05) is 6.07 Å². The molecule has 0 atom stereocenters. The van der Waals surface area contributed by atoms with Gasteiger partial charge in [0.25, 0.3) is 0 Å². The van der Waals surface area contributed by atoms with E-state index in [0.717, 1.165) is 24.7 Å². The molecule has 1 aliphatic heterocycles. The van der Waals surface area contributed by atoms with Crippen molar-refractivity contribution in [3.63, 3.8) is 0 Å². The fourth-order valence-corrected chi connectivity index (χ4v) is 2.69. The van der Waals surface area contributed by atoms with E-state index in [0.29, 0.717) is 5.69 Å². The molecule has 1 fully saturated rings. The zero-order valence-electron chi connectivity index (χ0n) is 12.4. The minimum atomic E-state index is -0.316. The number of methoxy groups -OCH3 is 1. The van der Waals surface area contributed by atoms with Gasteiger partial charge in [-0.1, -0.05) is 6.92 Å². The summed E-state index contributed by atoms with van der Waals surface area (Å²) in [5.74, 6) is 0.455. The van der Waals surface area contributed by atoms with E-state index in [1.54, 1.807) is 6.07 Å². The zero-order valence-corrected chi connectivity index (χ0v) is 12.4. The molecular formula is C15H25N3O2. The second kappa shape index (κ2) is 7.45. The summed E-state index contributed by atoms with van der Waals surface area (Å²) >= 11 is 0. The molecule has 0 unspecified atom stereocenters. The highest BCUT2D eigenvalue weighted by atomic mass is 16.5. The van der Waals surface area contributed by atoms with Crippen molar-refractivity contribution < 1.29 is 9.53 Å². The predicted molar refractivity (Wildman–Crippen MR) is 78.7 cm³/mol. The molecule has 1 aromatic rings. The molecule has 5 nitrogen and oxygen atoms in total. The minimum absolute atomic E-state index is 0.316. The van der Waals surface area contributed by atoms with Gasteiger partial charge in [0.2, 0.25) is 0 Å². The first-order valence-corrected chi connectivity index (χ1v) is 7.42. The van der Waals surface area contributed by atoms with Gasteiger partial charge in [0.1, 0.15) is 5.69 Å². The van der Waals surface area contributed by atoms with Crippen molar-refractivity contribution in [2.75, 3.05) is 33.3 Å². The third kappa shape index (κ3) is 4.08. The van der Waals surface area contributed by atoms with Crippen LogP contribution in [-0.4, -0.2) is 49.1 Å². The van der Waals surface area contributed by atoms with Crippen molar-refractivity contribution in [2.24, 2.45) is 5.92 Å². The van der Waals surface area contributed by atoms with Crippen molar-refractivity contribution >= 4 is 5.97 Å². The minimum Gasteiger partial charge on any atom is -0.464 e. The molecule has 1 aromatic heterocycles. The van der Waals surface area contributed by atoms with Crippen LogP contribution in [0.5, 0.6) is 0 Å². The standard InChI is InChI=1S/C15H25N3O2/c1-3-18-8-6-12(7-9-18)10-16-11-13-4-5-14(17-13)15(19)20-2/h4-5,12,16-17H,3,6-11H2,1-2H3. The van der Waals surface area contributed by atoms with Gasteiger partial charge in [-0.2, -0.15) is 0 Å². The predicted octanol–water partition coefficient (Wildman–Crippen LogP) is 1.62. The normalized spacial score (nSPS) is 17.3. The monoisotopic (exact) mass is 279 g/mol. The fraction of sp³-hybridized carbons (Fsp3) is 0.667. The van der Waals surface area contributed by atoms with Gasteiger partial charge in [0, 0.05) is 12.2 Å². The number of likely N-dealkylation sites (tertiary alicyclic amines) is 1. The Morgan fingerprint density at radius 2 is 2.20 bits per heavy atom. The Morgan fingerprint density at radius 3 is 2.85 bits per heavy atom. The molecule has 112 valence electrons. The van der Waals surface area contributed by atoms with E-state index in [1.165, 1.54) is 39.6 Å². The van der Waals surface area contributed by atoms with Crippen molar-refractivity contribution in [1.29, 1.82) is 0 Å². The first-order chi connectivity index (χ1) is 9.72. The number of nitrogens with one attached hydrogen (secondary N) is 2. The van der Waals surface area contributed by atoms with E-state index in [-0.39, 0.29) is 5.97 Å². The lowest BCUT2D eigenvalue weighted by atomic mass is 9.97. The summed E-state index contributed by atoms with van der Waals surface area (Å²) in [5, 5.41) is 3.47. The van der Waals surface area contributed by atoms with Crippen LogP contribution in [0.25, 0.3) is 0 Å². The Bertz CT molecular complexity index is 423. The van der Waals surface area contributed by atoms with Crippen LogP contribution >= 0.6 is 0 Å². The molecule has 20 heavy (non-hydrogen) atoms. The lowest BCUT2D eigenvalue weighted by Crippen LogP contribution is -2.37. The molecule has 0 amide bonds. The molecule has 0 spiro atoms. The number of carbonyl (C=O) groups is 1. The third-order valence-electron chi connectivity index (χ3n) is 4.05. The van der Waals surface area contributed by atoms with Crippen LogP contribution in [0.15, 0.2) is 12.1 Å². The van der Waals surface area contributed by atoms with Crippen LogP contribution in [0.2, 0.25) is 0 Å². The molecule has 1 aliphatic rings. The molecule has 5 heteroatoms. The number of rotatable bonds is 6. The van der Waals surface area contributed by atoms with Gasteiger partial charge in [0.15, 0.2) is 0 Å². The Kier molecular flexibility index (Phi) is 5.61. The lowest BCUT2D eigenvalue weighted by Gasteiger charge is -2.31. The Morgan fingerprint density at radius 1 is 1.45 bits per heavy atom. The molecule has 2 N–H and O–H groups in total. The van der Waals surface area contributed by atoms with Crippen LogP contribution in [0.1, 0.15) is 35.9 Å². The molecule has 0 saturated carbocycles. The zero-order chi connectivity index (χ0) is 14.4. The highest BCUT2D eigenvalue weighted by molar-refractivity contribution is 5.87. The average Bonchev–Trinajstić information content (AvgIpc) is 2.96. The number of aromatic nitrogens is 1. The molecule has 1 saturated heterocycles. The third-order valence-corrected chi connectivity index (χ3v) is 4.05. The second-order valence-corrected chi connectivity index (χ2v) is 5.40. The first-order valence-electron chi connectivity index (χ1n) is 7.42. The average molecular weight is 279 g/mol. The van der Waals surface area contributed by atoms with Crippen molar-refractivity contribution in [1.82, 2.24) is 15.2 Å². The van der Waals surface area contributed by atoms with Gasteiger partial charge in [-0.3, -0.25) is 0 Å². The van der Waals surface area contributed by atoms with Gasteiger partial charge in [-0.05, 0) is 57.1 Å². The van der Waals surface area contributed by atoms with Crippen LogP contribution < -0.4 is 5.32 Å². The summed E-state index contributed by atoms with van der Waals surface area (Å²) in [6.45, 7) is 7.65. The molecule has 0 aliphatic carbocycles. The van der Waals surface area contributed by atoms with Crippen molar-refractivity contribution in [2.45, 2.75) is 26.3 Å². The highest BCUT2D eigenvalue weighted by Crippen LogP contribution is 2.16. The Labute approximate surface area is 120 Å². The summed E-state index contributed by atoms with van der Waals surface area (Å²) < 4.78 is 4.67. The lowest BCUT2D eigenvalue weighted by molar-refractivity contribution is 0.0594. The number of hydrogen-bond donors (Lipinski definition) is 2. The number of nitrogens with zero attached hydrogens (tertiary/aromatic N) is 1. The quantitative estimate of drug-likeness (QED) is 0.777. The number of aromatic amines is 1. The first kappa shape index (κ1) is 15.1. The summed E-state index contributed by atoms with van der Waals surface area (Å²) in [6.07, 6.45) is 2.55. The van der Waals surface area contributed by atoms with Gasteiger partial charge in [-0.25, -0.2) is 4.79 Å². The Hall–Kier alpha value is -1.33. The number of esters is 1. The molecule has 0 aromatic carbocycles. The molecule has 0 radical (unpaired) electrons. The van der Waals surface area contributed by atoms with Crippen LogP contribution in [0.4, 0.5) is 0 Å².